The summed E-state index contributed by atoms with van der Waals surface area (Å²) in [6.07, 6.45) is 5.76. The van der Waals surface area contributed by atoms with Crippen LogP contribution in [0.5, 0.6) is 5.75 Å². The fourth-order valence-corrected chi connectivity index (χ4v) is 3.17. The van der Waals surface area contributed by atoms with E-state index in [-0.39, 0.29) is 18.2 Å². The van der Waals surface area contributed by atoms with Gasteiger partial charge in [-0.15, -0.1) is 0 Å². The summed E-state index contributed by atoms with van der Waals surface area (Å²) in [7, 11) is 0. The molecule has 0 atom stereocenters. The van der Waals surface area contributed by atoms with E-state index in [0.29, 0.717) is 30.2 Å². The van der Waals surface area contributed by atoms with Crippen molar-refractivity contribution in [2.75, 3.05) is 31.6 Å². The molecule has 2 amide bonds. The molecule has 2 heterocycles. The molecular formula is C19H26N4O3. The van der Waals surface area contributed by atoms with Crippen molar-refractivity contribution in [3.8, 4) is 5.75 Å². The zero-order chi connectivity index (χ0) is 18.2. The van der Waals surface area contributed by atoms with Crippen molar-refractivity contribution in [2.24, 2.45) is 5.10 Å². The summed E-state index contributed by atoms with van der Waals surface area (Å²) < 4.78 is 5.92. The Balaban J connectivity index is 1.54. The largest absolute Gasteiger partial charge is 0.490 e. The fraction of sp³-hybridized carbons (Fsp3) is 0.526. The molecule has 0 radical (unpaired) electrons. The van der Waals surface area contributed by atoms with Gasteiger partial charge in [-0.1, -0.05) is 25.0 Å². The SMILES string of the molecule is O=C1CCC(C(=O)Nc2ccccc2OCCN2CCCCCC2)=NN1. The first-order valence-corrected chi connectivity index (χ1v) is 9.33. The number of hydrogen-bond acceptors (Lipinski definition) is 5. The lowest BCUT2D eigenvalue weighted by molar-refractivity contribution is -0.121. The lowest BCUT2D eigenvalue weighted by Gasteiger charge is -2.20. The van der Waals surface area contributed by atoms with Crippen LogP contribution >= 0.6 is 0 Å². The smallest absolute Gasteiger partial charge is 0.271 e. The highest BCUT2D eigenvalue weighted by atomic mass is 16.5. The molecule has 2 aliphatic rings. The van der Waals surface area contributed by atoms with Crippen molar-refractivity contribution < 1.29 is 14.3 Å². The molecule has 0 bridgehead atoms. The highest BCUT2D eigenvalue weighted by molar-refractivity contribution is 6.43. The number of benzene rings is 1. The van der Waals surface area contributed by atoms with E-state index >= 15 is 0 Å². The minimum absolute atomic E-state index is 0.168. The predicted octanol–water partition coefficient (Wildman–Crippen LogP) is 2.15. The van der Waals surface area contributed by atoms with Crippen LogP contribution in [-0.2, 0) is 9.59 Å². The number of likely N-dealkylation sites (tertiary alicyclic amines) is 1. The third-order valence-electron chi connectivity index (χ3n) is 4.67. The summed E-state index contributed by atoms with van der Waals surface area (Å²) in [5.74, 6) is 0.170. The van der Waals surface area contributed by atoms with Crippen molar-refractivity contribution >= 4 is 23.2 Å². The van der Waals surface area contributed by atoms with E-state index in [1.807, 2.05) is 18.2 Å². The van der Waals surface area contributed by atoms with Crippen molar-refractivity contribution in [1.82, 2.24) is 10.3 Å². The van der Waals surface area contributed by atoms with Gasteiger partial charge < -0.3 is 10.1 Å². The van der Waals surface area contributed by atoms with Gasteiger partial charge in [-0.05, 0) is 38.1 Å². The monoisotopic (exact) mass is 358 g/mol. The molecule has 1 aromatic rings. The molecule has 140 valence electrons. The first-order valence-electron chi connectivity index (χ1n) is 9.33. The van der Waals surface area contributed by atoms with E-state index in [9.17, 15) is 9.59 Å². The van der Waals surface area contributed by atoms with Crippen LogP contribution in [0.15, 0.2) is 29.4 Å². The molecule has 7 heteroatoms. The first kappa shape index (κ1) is 18.4. The molecule has 26 heavy (non-hydrogen) atoms. The number of nitrogens with zero attached hydrogens (tertiary/aromatic N) is 2. The molecule has 2 N–H and O–H groups in total. The van der Waals surface area contributed by atoms with Gasteiger partial charge in [-0.25, -0.2) is 5.43 Å². The summed E-state index contributed by atoms with van der Waals surface area (Å²) in [6.45, 7) is 3.74. The van der Waals surface area contributed by atoms with E-state index in [1.165, 1.54) is 25.7 Å². The molecule has 3 rings (SSSR count). The number of para-hydroxylation sites is 2. The molecule has 0 aromatic heterocycles. The van der Waals surface area contributed by atoms with Gasteiger partial charge in [0.25, 0.3) is 5.91 Å². The second-order valence-corrected chi connectivity index (χ2v) is 6.65. The number of nitrogens with one attached hydrogen (secondary N) is 2. The maximum atomic E-state index is 12.3. The van der Waals surface area contributed by atoms with Crippen molar-refractivity contribution in [3.63, 3.8) is 0 Å². The van der Waals surface area contributed by atoms with Crippen LogP contribution in [0, 0.1) is 0 Å². The molecule has 0 aliphatic carbocycles. The number of carbonyl (C=O) groups is 2. The highest BCUT2D eigenvalue weighted by Crippen LogP contribution is 2.24. The van der Waals surface area contributed by atoms with Crippen LogP contribution in [0.25, 0.3) is 0 Å². The Kier molecular flexibility index (Phi) is 6.60. The summed E-state index contributed by atoms with van der Waals surface area (Å²) >= 11 is 0. The Morgan fingerprint density at radius 1 is 1.15 bits per heavy atom. The minimum atomic E-state index is -0.312. The van der Waals surface area contributed by atoms with Gasteiger partial charge in [0.05, 0.1) is 5.69 Å². The van der Waals surface area contributed by atoms with Crippen molar-refractivity contribution in [1.29, 1.82) is 0 Å². The standard InChI is InChI=1S/C19H26N4O3/c24-18-10-9-16(21-22-18)19(25)20-15-7-3-4-8-17(15)26-14-13-23-11-5-1-2-6-12-23/h3-4,7-8H,1-2,5-6,9-14H2,(H,20,25)(H,22,24). The Bertz CT molecular complexity index is 667. The Hall–Kier alpha value is -2.41. The van der Waals surface area contributed by atoms with Gasteiger partial charge in [0.2, 0.25) is 5.91 Å². The lowest BCUT2D eigenvalue weighted by Crippen LogP contribution is -2.33. The highest BCUT2D eigenvalue weighted by Gasteiger charge is 2.19. The van der Waals surface area contributed by atoms with Gasteiger partial charge in [0, 0.05) is 19.4 Å². The Morgan fingerprint density at radius 2 is 1.92 bits per heavy atom. The van der Waals surface area contributed by atoms with E-state index in [0.717, 1.165) is 19.6 Å². The number of rotatable bonds is 6. The topological polar surface area (TPSA) is 83.0 Å². The number of anilines is 1. The molecule has 1 fully saturated rings. The van der Waals surface area contributed by atoms with Crippen molar-refractivity contribution in [3.05, 3.63) is 24.3 Å². The summed E-state index contributed by atoms with van der Waals surface area (Å²) in [4.78, 5) is 25.9. The number of carbonyl (C=O) groups excluding carboxylic acids is 2. The normalized spacial score (nSPS) is 18.5. The summed E-state index contributed by atoms with van der Waals surface area (Å²) in [6, 6.07) is 7.39. The van der Waals surface area contributed by atoms with Gasteiger partial charge in [0.1, 0.15) is 18.1 Å². The number of hydrazone groups is 1. The van der Waals surface area contributed by atoms with Gasteiger partial charge >= 0.3 is 0 Å². The Morgan fingerprint density at radius 3 is 2.65 bits per heavy atom. The van der Waals surface area contributed by atoms with Crippen LogP contribution in [0.4, 0.5) is 5.69 Å². The molecule has 0 unspecified atom stereocenters. The zero-order valence-electron chi connectivity index (χ0n) is 15.0. The van der Waals surface area contributed by atoms with Gasteiger partial charge in [-0.3, -0.25) is 14.5 Å². The molecule has 1 aromatic carbocycles. The molecule has 0 spiro atoms. The average molecular weight is 358 g/mol. The zero-order valence-corrected chi connectivity index (χ0v) is 15.0. The number of hydrogen-bond donors (Lipinski definition) is 2. The summed E-state index contributed by atoms with van der Waals surface area (Å²) in [5.41, 5.74) is 3.28. The van der Waals surface area contributed by atoms with Crippen LogP contribution in [0.3, 0.4) is 0 Å². The minimum Gasteiger partial charge on any atom is -0.490 e. The van der Waals surface area contributed by atoms with Crippen LogP contribution in [0.1, 0.15) is 38.5 Å². The van der Waals surface area contributed by atoms with Crippen LogP contribution < -0.4 is 15.5 Å². The predicted molar refractivity (Wildman–Crippen MR) is 100 cm³/mol. The second kappa shape index (κ2) is 9.33. The molecule has 1 saturated heterocycles. The lowest BCUT2D eigenvalue weighted by atomic mass is 10.1. The maximum absolute atomic E-state index is 12.3. The molecular weight excluding hydrogens is 332 g/mol. The third kappa shape index (κ3) is 5.29. The first-order chi connectivity index (χ1) is 12.7. The van der Waals surface area contributed by atoms with Crippen molar-refractivity contribution in [2.45, 2.75) is 38.5 Å². The third-order valence-corrected chi connectivity index (χ3v) is 4.67. The molecule has 0 saturated carbocycles. The van der Waals surface area contributed by atoms with E-state index < -0.39 is 0 Å². The van der Waals surface area contributed by atoms with E-state index in [2.05, 4.69) is 20.7 Å². The molecule has 7 nitrogen and oxygen atoms in total. The number of amides is 2. The number of ether oxygens (including phenoxy) is 1. The maximum Gasteiger partial charge on any atom is 0.271 e. The van der Waals surface area contributed by atoms with Crippen LogP contribution in [-0.4, -0.2) is 48.7 Å². The van der Waals surface area contributed by atoms with E-state index in [1.54, 1.807) is 6.07 Å². The fourth-order valence-electron chi connectivity index (χ4n) is 3.17. The summed E-state index contributed by atoms with van der Waals surface area (Å²) in [5, 5.41) is 6.66. The Labute approximate surface area is 153 Å². The van der Waals surface area contributed by atoms with Gasteiger partial charge in [0.15, 0.2) is 0 Å². The quantitative estimate of drug-likeness (QED) is 0.816. The van der Waals surface area contributed by atoms with Crippen LogP contribution in [0.2, 0.25) is 0 Å². The second-order valence-electron chi connectivity index (χ2n) is 6.65. The van der Waals surface area contributed by atoms with Gasteiger partial charge in [-0.2, -0.15) is 5.10 Å². The average Bonchev–Trinajstić information content (AvgIpc) is 2.92. The molecule has 2 aliphatic heterocycles. The van der Waals surface area contributed by atoms with E-state index in [4.69, 9.17) is 4.74 Å².